The summed E-state index contributed by atoms with van der Waals surface area (Å²) in [4.78, 5) is 4.29. The van der Waals surface area contributed by atoms with E-state index in [0.717, 1.165) is 17.0 Å². The second-order valence-corrected chi connectivity index (χ2v) is 3.96. The normalized spacial score (nSPS) is 12.2. The summed E-state index contributed by atoms with van der Waals surface area (Å²) in [6, 6.07) is 7.70. The van der Waals surface area contributed by atoms with Crippen LogP contribution in [0.15, 0.2) is 30.5 Å². The van der Waals surface area contributed by atoms with Gasteiger partial charge < -0.3 is 10.1 Å². The molecule has 2 heterocycles. The monoisotopic (exact) mass is 244 g/mol. The molecule has 2 aromatic rings. The zero-order valence-corrected chi connectivity index (χ0v) is 10.7. The largest absolute Gasteiger partial charge is 0.480 e. The molecule has 2 aromatic heterocycles. The molecule has 0 amide bonds. The molecule has 2 rings (SSSR count). The fourth-order valence-electron chi connectivity index (χ4n) is 1.73. The van der Waals surface area contributed by atoms with Crippen LogP contribution >= 0.6 is 0 Å². The Labute approximate surface area is 106 Å². The molecule has 0 aliphatic heterocycles. The third-order valence-electron chi connectivity index (χ3n) is 2.72. The summed E-state index contributed by atoms with van der Waals surface area (Å²) in [7, 11) is 3.46. The predicted molar refractivity (Wildman–Crippen MR) is 68.5 cm³/mol. The van der Waals surface area contributed by atoms with Crippen LogP contribution in [0.5, 0.6) is 5.88 Å². The fourth-order valence-corrected chi connectivity index (χ4v) is 1.73. The van der Waals surface area contributed by atoms with Gasteiger partial charge in [0.25, 0.3) is 0 Å². The van der Waals surface area contributed by atoms with Gasteiger partial charge in [0, 0.05) is 18.0 Å². The van der Waals surface area contributed by atoms with Crippen molar-refractivity contribution in [2.24, 2.45) is 0 Å². The first-order valence-corrected chi connectivity index (χ1v) is 5.72. The molecular formula is C13H16N4O. The maximum Gasteiger partial charge on any atom is 0.233 e. The highest BCUT2D eigenvalue weighted by molar-refractivity contribution is 5.26. The minimum absolute atomic E-state index is 0.0171. The molecule has 0 saturated carbocycles. The molecule has 5 nitrogen and oxygen atoms in total. The third-order valence-corrected chi connectivity index (χ3v) is 2.72. The van der Waals surface area contributed by atoms with E-state index >= 15 is 0 Å². The van der Waals surface area contributed by atoms with Gasteiger partial charge in [0.15, 0.2) is 0 Å². The van der Waals surface area contributed by atoms with E-state index in [1.54, 1.807) is 13.2 Å². The number of methoxy groups -OCH3 is 1. The standard InChI is InChI=1S/C13H16N4O/c1-9-4-5-10(8-15-9)13(14-2)11-6-7-12(18-3)17-16-11/h4-8,13-14H,1-3H3. The molecule has 0 aliphatic rings. The maximum absolute atomic E-state index is 5.00. The van der Waals surface area contributed by atoms with Crippen molar-refractivity contribution in [1.29, 1.82) is 0 Å². The smallest absolute Gasteiger partial charge is 0.233 e. The topological polar surface area (TPSA) is 59.9 Å². The average molecular weight is 244 g/mol. The molecule has 0 bridgehead atoms. The predicted octanol–water partition coefficient (Wildman–Crippen LogP) is 1.50. The highest BCUT2D eigenvalue weighted by Gasteiger charge is 2.14. The SMILES string of the molecule is CNC(c1ccc(C)nc1)c1ccc(OC)nn1. The molecule has 1 unspecified atom stereocenters. The van der Waals surface area contributed by atoms with E-state index in [0.29, 0.717) is 5.88 Å². The Morgan fingerprint density at radius 3 is 2.50 bits per heavy atom. The van der Waals surface area contributed by atoms with Crippen molar-refractivity contribution in [3.05, 3.63) is 47.4 Å². The van der Waals surface area contributed by atoms with E-state index in [9.17, 15) is 0 Å². The summed E-state index contributed by atoms with van der Waals surface area (Å²) >= 11 is 0. The highest BCUT2D eigenvalue weighted by Crippen LogP contribution is 2.19. The molecule has 1 N–H and O–H groups in total. The van der Waals surface area contributed by atoms with Crippen molar-refractivity contribution >= 4 is 0 Å². The third kappa shape index (κ3) is 2.62. The van der Waals surface area contributed by atoms with Gasteiger partial charge in [-0.2, -0.15) is 0 Å². The number of aromatic nitrogens is 3. The van der Waals surface area contributed by atoms with E-state index in [2.05, 4.69) is 20.5 Å². The number of ether oxygens (including phenoxy) is 1. The van der Waals surface area contributed by atoms with Crippen molar-refractivity contribution in [3.63, 3.8) is 0 Å². The lowest BCUT2D eigenvalue weighted by Crippen LogP contribution is -2.19. The Hall–Kier alpha value is -2.01. The second kappa shape index (κ2) is 5.55. The minimum atomic E-state index is -0.0171. The molecule has 18 heavy (non-hydrogen) atoms. The van der Waals surface area contributed by atoms with Gasteiger partial charge in [-0.15, -0.1) is 10.2 Å². The molecule has 5 heteroatoms. The summed E-state index contributed by atoms with van der Waals surface area (Å²) in [5.41, 5.74) is 2.89. The maximum atomic E-state index is 5.00. The van der Waals surface area contributed by atoms with Crippen molar-refractivity contribution in [1.82, 2.24) is 20.5 Å². The van der Waals surface area contributed by atoms with E-state index in [1.165, 1.54) is 0 Å². The van der Waals surface area contributed by atoms with Gasteiger partial charge in [-0.1, -0.05) is 6.07 Å². The Morgan fingerprint density at radius 2 is 2.00 bits per heavy atom. The van der Waals surface area contributed by atoms with Gasteiger partial charge >= 0.3 is 0 Å². The van der Waals surface area contributed by atoms with Crippen LogP contribution in [0.2, 0.25) is 0 Å². The number of nitrogens with one attached hydrogen (secondary N) is 1. The quantitative estimate of drug-likeness (QED) is 0.883. The van der Waals surface area contributed by atoms with E-state index < -0.39 is 0 Å². The van der Waals surface area contributed by atoms with E-state index in [-0.39, 0.29) is 6.04 Å². The molecule has 0 fully saturated rings. The van der Waals surface area contributed by atoms with Gasteiger partial charge in [-0.3, -0.25) is 4.98 Å². The number of hydrogen-bond donors (Lipinski definition) is 1. The zero-order valence-electron chi connectivity index (χ0n) is 10.7. The van der Waals surface area contributed by atoms with Crippen LogP contribution < -0.4 is 10.1 Å². The summed E-state index contributed by atoms with van der Waals surface area (Å²) in [6.07, 6.45) is 1.85. The second-order valence-electron chi connectivity index (χ2n) is 3.96. The van der Waals surface area contributed by atoms with Gasteiger partial charge in [-0.05, 0) is 31.7 Å². The molecule has 1 atom stereocenters. The first kappa shape index (κ1) is 12.4. The van der Waals surface area contributed by atoms with Crippen molar-refractivity contribution in [2.45, 2.75) is 13.0 Å². The lowest BCUT2D eigenvalue weighted by molar-refractivity contribution is 0.390. The molecule has 0 saturated heterocycles. The lowest BCUT2D eigenvalue weighted by atomic mass is 10.1. The number of aryl methyl sites for hydroxylation is 1. The van der Waals surface area contributed by atoms with E-state index in [4.69, 9.17) is 4.74 Å². The van der Waals surface area contributed by atoms with Crippen molar-refractivity contribution in [2.75, 3.05) is 14.2 Å². The van der Waals surface area contributed by atoms with Crippen LogP contribution in [-0.2, 0) is 0 Å². The first-order chi connectivity index (χ1) is 8.74. The summed E-state index contributed by atoms with van der Waals surface area (Å²) in [5.74, 6) is 0.510. The Balaban J connectivity index is 2.29. The van der Waals surface area contributed by atoms with Gasteiger partial charge in [-0.25, -0.2) is 0 Å². The van der Waals surface area contributed by atoms with Crippen molar-refractivity contribution in [3.8, 4) is 5.88 Å². The van der Waals surface area contributed by atoms with Crippen LogP contribution in [0.3, 0.4) is 0 Å². The molecule has 94 valence electrons. The Kier molecular flexibility index (Phi) is 3.84. The molecule has 0 radical (unpaired) electrons. The molecule has 0 aliphatic carbocycles. The van der Waals surface area contributed by atoms with Crippen LogP contribution in [0.1, 0.15) is 23.0 Å². The zero-order chi connectivity index (χ0) is 13.0. The Morgan fingerprint density at radius 1 is 1.17 bits per heavy atom. The van der Waals surface area contributed by atoms with Crippen LogP contribution in [-0.4, -0.2) is 29.3 Å². The lowest BCUT2D eigenvalue weighted by Gasteiger charge is -2.15. The number of nitrogens with zero attached hydrogens (tertiary/aromatic N) is 3. The molecular weight excluding hydrogens is 228 g/mol. The minimum Gasteiger partial charge on any atom is -0.480 e. The first-order valence-electron chi connectivity index (χ1n) is 5.72. The fraction of sp³-hybridized carbons (Fsp3) is 0.308. The highest BCUT2D eigenvalue weighted by atomic mass is 16.5. The number of pyridine rings is 1. The number of rotatable bonds is 4. The van der Waals surface area contributed by atoms with Crippen LogP contribution in [0, 0.1) is 6.92 Å². The van der Waals surface area contributed by atoms with Crippen LogP contribution in [0.4, 0.5) is 0 Å². The van der Waals surface area contributed by atoms with Gasteiger partial charge in [0.2, 0.25) is 5.88 Å². The van der Waals surface area contributed by atoms with E-state index in [1.807, 2.05) is 38.4 Å². The molecule has 0 spiro atoms. The summed E-state index contributed by atoms with van der Waals surface area (Å²) in [5, 5.41) is 11.3. The van der Waals surface area contributed by atoms with Crippen LogP contribution in [0.25, 0.3) is 0 Å². The molecule has 0 aromatic carbocycles. The average Bonchev–Trinajstić information content (AvgIpc) is 2.42. The summed E-state index contributed by atoms with van der Waals surface area (Å²) < 4.78 is 5.00. The van der Waals surface area contributed by atoms with Crippen molar-refractivity contribution < 1.29 is 4.74 Å². The van der Waals surface area contributed by atoms with Gasteiger partial charge in [0.05, 0.1) is 18.8 Å². The number of hydrogen-bond acceptors (Lipinski definition) is 5. The Bertz CT molecular complexity index is 495. The summed E-state index contributed by atoms with van der Waals surface area (Å²) in [6.45, 7) is 1.96. The van der Waals surface area contributed by atoms with Gasteiger partial charge in [0.1, 0.15) is 0 Å².